The van der Waals surface area contributed by atoms with Crippen molar-refractivity contribution in [3.63, 3.8) is 0 Å². The molecule has 0 fully saturated rings. The predicted octanol–water partition coefficient (Wildman–Crippen LogP) is 1.58. The summed E-state index contributed by atoms with van der Waals surface area (Å²) < 4.78 is 0. The third-order valence-corrected chi connectivity index (χ3v) is 3.97. The molecule has 0 unspecified atom stereocenters. The molecule has 0 atom stereocenters. The zero-order chi connectivity index (χ0) is 18.5. The van der Waals surface area contributed by atoms with E-state index in [9.17, 15) is 19.8 Å². The van der Waals surface area contributed by atoms with Gasteiger partial charge in [0.15, 0.2) is 0 Å². The summed E-state index contributed by atoms with van der Waals surface area (Å²) in [5.41, 5.74) is 0.442. The van der Waals surface area contributed by atoms with Crippen LogP contribution in [0.15, 0.2) is 84.9 Å². The van der Waals surface area contributed by atoms with Gasteiger partial charge < -0.3 is 25.3 Å². The van der Waals surface area contributed by atoms with Crippen LogP contribution in [0.1, 0.15) is 20.7 Å². The topological polar surface area (TPSA) is 112 Å². The van der Waals surface area contributed by atoms with E-state index in [4.69, 9.17) is 0 Å². The molecule has 0 aromatic heterocycles. The molecular formula is C22H16O5Zn. The van der Waals surface area contributed by atoms with Crippen molar-refractivity contribution in [3.05, 3.63) is 96.1 Å². The third-order valence-electron chi connectivity index (χ3n) is 3.97. The zero-order valence-corrected chi connectivity index (χ0v) is 17.9. The van der Waals surface area contributed by atoms with E-state index >= 15 is 0 Å². The van der Waals surface area contributed by atoms with Crippen LogP contribution in [0.2, 0.25) is 0 Å². The van der Waals surface area contributed by atoms with E-state index in [-0.39, 0.29) is 36.1 Å². The number of carboxylic acid groups (broad SMARTS) is 2. The zero-order valence-electron chi connectivity index (χ0n) is 14.9. The Morgan fingerprint density at radius 1 is 0.536 bits per heavy atom. The van der Waals surface area contributed by atoms with Crippen LogP contribution in [-0.4, -0.2) is 17.4 Å². The van der Waals surface area contributed by atoms with Gasteiger partial charge in [0.2, 0.25) is 0 Å². The smallest absolute Gasteiger partial charge is 0.545 e. The van der Waals surface area contributed by atoms with Crippen molar-refractivity contribution in [1.82, 2.24) is 0 Å². The van der Waals surface area contributed by atoms with Crippen LogP contribution >= 0.6 is 0 Å². The van der Waals surface area contributed by atoms with Crippen molar-refractivity contribution in [2.45, 2.75) is 0 Å². The largest absolute Gasteiger partial charge is 2.00 e. The fraction of sp³-hybridized carbons (Fsp3) is 0. The fourth-order valence-corrected chi connectivity index (χ4v) is 2.63. The Kier molecular flexibility index (Phi) is 8.45. The minimum atomic E-state index is -1.13. The summed E-state index contributed by atoms with van der Waals surface area (Å²) in [6.07, 6.45) is 0. The Balaban J connectivity index is 0.000000261. The third kappa shape index (κ3) is 5.46. The Bertz CT molecular complexity index is 1020. The molecule has 4 rings (SSSR count). The Labute approximate surface area is 174 Å². The van der Waals surface area contributed by atoms with Crippen molar-refractivity contribution in [3.8, 4) is 0 Å². The number of rotatable bonds is 2. The summed E-state index contributed by atoms with van der Waals surface area (Å²) in [5.74, 6) is -2.27. The molecule has 0 bridgehead atoms. The maximum Gasteiger partial charge on any atom is 2.00 e. The molecule has 2 N–H and O–H groups in total. The van der Waals surface area contributed by atoms with Gasteiger partial charge in [0, 0.05) is 0 Å². The first-order valence-corrected chi connectivity index (χ1v) is 7.95. The maximum atomic E-state index is 10.5. The van der Waals surface area contributed by atoms with Crippen LogP contribution in [0.3, 0.4) is 0 Å². The molecule has 0 aliphatic carbocycles. The first-order chi connectivity index (χ1) is 12.5. The molecule has 4 aromatic carbocycles. The predicted molar refractivity (Wildman–Crippen MR) is 100 cm³/mol. The quantitative estimate of drug-likeness (QED) is 0.454. The fourth-order valence-electron chi connectivity index (χ4n) is 2.63. The molecule has 0 amide bonds. The molecule has 0 heterocycles. The summed E-state index contributed by atoms with van der Waals surface area (Å²) in [7, 11) is 0. The van der Waals surface area contributed by atoms with E-state index in [1.54, 1.807) is 36.4 Å². The van der Waals surface area contributed by atoms with E-state index in [1.165, 1.54) is 0 Å². The van der Waals surface area contributed by atoms with Crippen LogP contribution in [0.25, 0.3) is 21.5 Å². The van der Waals surface area contributed by atoms with Gasteiger partial charge in [-0.25, -0.2) is 0 Å². The minimum absolute atomic E-state index is 0. The summed E-state index contributed by atoms with van der Waals surface area (Å²) in [6.45, 7) is 0. The number of carboxylic acids is 2. The monoisotopic (exact) mass is 424 g/mol. The molecule has 0 spiro atoms. The van der Waals surface area contributed by atoms with E-state index in [1.807, 2.05) is 48.5 Å². The van der Waals surface area contributed by atoms with Crippen LogP contribution < -0.4 is 10.2 Å². The van der Waals surface area contributed by atoms with E-state index in [0.717, 1.165) is 21.5 Å². The van der Waals surface area contributed by atoms with Crippen molar-refractivity contribution >= 4 is 33.5 Å². The summed E-state index contributed by atoms with van der Waals surface area (Å²) in [4.78, 5) is 21.1. The molecule has 136 valence electrons. The van der Waals surface area contributed by atoms with Gasteiger partial charge in [0.25, 0.3) is 0 Å². The molecule has 0 aliphatic rings. The van der Waals surface area contributed by atoms with Gasteiger partial charge >= 0.3 is 19.5 Å². The molecule has 0 saturated carbocycles. The van der Waals surface area contributed by atoms with Crippen molar-refractivity contribution in [2.75, 3.05) is 0 Å². The Morgan fingerprint density at radius 2 is 0.857 bits per heavy atom. The average molecular weight is 426 g/mol. The number of fused-ring (bicyclic) bond motifs is 2. The van der Waals surface area contributed by atoms with E-state index in [0.29, 0.717) is 0 Å². The van der Waals surface area contributed by atoms with Crippen LogP contribution in [0.5, 0.6) is 0 Å². The summed E-state index contributed by atoms with van der Waals surface area (Å²) in [5, 5.41) is 25.0. The van der Waals surface area contributed by atoms with Gasteiger partial charge in [0.1, 0.15) is 0 Å². The van der Waals surface area contributed by atoms with Crippen LogP contribution in [-0.2, 0) is 19.5 Å². The van der Waals surface area contributed by atoms with E-state index in [2.05, 4.69) is 0 Å². The molecule has 0 saturated heterocycles. The molecular weight excluding hydrogens is 410 g/mol. The molecule has 6 heteroatoms. The van der Waals surface area contributed by atoms with Crippen LogP contribution in [0.4, 0.5) is 0 Å². The number of benzene rings is 4. The van der Waals surface area contributed by atoms with Gasteiger partial charge in [-0.15, -0.1) is 0 Å². The van der Waals surface area contributed by atoms with Gasteiger partial charge in [-0.1, -0.05) is 72.8 Å². The number of aromatic carboxylic acids is 2. The second-order valence-corrected chi connectivity index (χ2v) is 5.70. The molecule has 5 nitrogen and oxygen atoms in total. The van der Waals surface area contributed by atoms with Crippen molar-refractivity contribution in [1.29, 1.82) is 0 Å². The normalized spacial score (nSPS) is 9.43. The number of hydrogen-bond acceptors (Lipinski definition) is 4. The molecule has 0 aliphatic heterocycles. The van der Waals surface area contributed by atoms with Gasteiger partial charge in [-0.05, 0) is 44.8 Å². The van der Waals surface area contributed by atoms with Crippen molar-refractivity contribution < 1.29 is 44.8 Å². The van der Waals surface area contributed by atoms with Gasteiger partial charge in [0.05, 0.1) is 11.9 Å². The minimum Gasteiger partial charge on any atom is -0.545 e. The van der Waals surface area contributed by atoms with Crippen LogP contribution in [0, 0.1) is 0 Å². The molecule has 0 radical (unpaired) electrons. The van der Waals surface area contributed by atoms with Gasteiger partial charge in [-0.3, -0.25) is 0 Å². The second-order valence-electron chi connectivity index (χ2n) is 5.70. The van der Waals surface area contributed by atoms with E-state index < -0.39 is 11.9 Å². The first-order valence-electron chi connectivity index (χ1n) is 7.95. The Hall–Kier alpha value is -3.08. The van der Waals surface area contributed by atoms with Crippen molar-refractivity contribution in [2.24, 2.45) is 0 Å². The van der Waals surface area contributed by atoms with Gasteiger partial charge in [-0.2, -0.15) is 0 Å². The molecule has 4 aromatic rings. The summed E-state index contributed by atoms with van der Waals surface area (Å²) in [6, 6.07) is 25.1. The SMILES string of the molecule is O.O=C([O-])c1ccc2ccccc2c1.O=C([O-])c1ccc2ccccc2c1.[Zn+2]. The second kappa shape index (κ2) is 10.3. The maximum absolute atomic E-state index is 10.5. The number of carbonyl (C=O) groups is 2. The Morgan fingerprint density at radius 3 is 1.18 bits per heavy atom. The first kappa shape index (κ1) is 23.0. The summed E-state index contributed by atoms with van der Waals surface area (Å²) >= 11 is 0. The molecule has 28 heavy (non-hydrogen) atoms. The number of carbonyl (C=O) groups excluding carboxylic acids is 2. The number of hydrogen-bond donors (Lipinski definition) is 0. The standard InChI is InChI=1S/2C11H8O2.H2O.Zn/c2*12-11(13)10-6-5-8-3-1-2-4-9(8)7-10;;/h2*1-7H,(H,12,13);1H2;/q;;;+2/p-2. The average Bonchev–Trinajstić information content (AvgIpc) is 2.67.